The van der Waals surface area contributed by atoms with E-state index in [0.29, 0.717) is 0 Å². The molecule has 1 nitrogen and oxygen atoms in total. The molecule has 3 rings (SSSR count). The third-order valence-electron chi connectivity index (χ3n) is 3.98. The second kappa shape index (κ2) is 6.07. The van der Waals surface area contributed by atoms with E-state index in [1.807, 2.05) is 12.3 Å². The van der Waals surface area contributed by atoms with Crippen LogP contribution in [0.3, 0.4) is 0 Å². The van der Waals surface area contributed by atoms with Gasteiger partial charge in [-0.2, -0.15) is 0 Å². The van der Waals surface area contributed by atoms with Crippen molar-refractivity contribution >= 4 is 5.57 Å². The lowest BCUT2D eigenvalue weighted by atomic mass is 9.91. The molecule has 0 radical (unpaired) electrons. The molecular formula is C21H21N. The molecule has 22 heavy (non-hydrogen) atoms. The number of nitrogens with one attached hydrogen (secondary N) is 1. The largest absolute Gasteiger partial charge is 0.381 e. The van der Waals surface area contributed by atoms with Gasteiger partial charge in [0.1, 0.15) is 0 Å². The summed E-state index contributed by atoms with van der Waals surface area (Å²) in [4.78, 5) is 0. The lowest BCUT2D eigenvalue weighted by molar-refractivity contribution is 0.744. The maximum Gasteiger partial charge on any atom is 0.0701 e. The fraction of sp³-hybridized carbons (Fsp3) is 0.143. The minimum absolute atomic E-state index is 0.196. The zero-order valence-corrected chi connectivity index (χ0v) is 13.1. The van der Waals surface area contributed by atoms with E-state index in [2.05, 4.69) is 80.4 Å². The van der Waals surface area contributed by atoms with E-state index >= 15 is 0 Å². The summed E-state index contributed by atoms with van der Waals surface area (Å²) in [7, 11) is 0. The van der Waals surface area contributed by atoms with Gasteiger partial charge < -0.3 is 5.32 Å². The highest BCUT2D eigenvalue weighted by molar-refractivity contribution is 5.72. The minimum atomic E-state index is 0.196. The molecule has 0 fully saturated rings. The van der Waals surface area contributed by atoms with Gasteiger partial charge in [0.05, 0.1) is 6.04 Å². The van der Waals surface area contributed by atoms with E-state index in [1.165, 1.54) is 27.8 Å². The van der Waals surface area contributed by atoms with Crippen LogP contribution in [0.1, 0.15) is 29.7 Å². The molecule has 0 spiro atoms. The van der Waals surface area contributed by atoms with Gasteiger partial charge in [-0.3, -0.25) is 0 Å². The molecule has 0 aromatic heterocycles. The van der Waals surface area contributed by atoms with Crippen molar-refractivity contribution in [3.05, 3.63) is 90.2 Å². The summed E-state index contributed by atoms with van der Waals surface area (Å²) < 4.78 is 0. The molecule has 110 valence electrons. The predicted molar refractivity (Wildman–Crippen MR) is 95.5 cm³/mol. The Kier molecular flexibility index (Phi) is 3.97. The van der Waals surface area contributed by atoms with Gasteiger partial charge in [-0.1, -0.05) is 66.3 Å². The van der Waals surface area contributed by atoms with Crippen LogP contribution in [0.15, 0.2) is 73.5 Å². The first-order valence-corrected chi connectivity index (χ1v) is 7.61. The van der Waals surface area contributed by atoms with Crippen LogP contribution >= 0.6 is 0 Å². The summed E-state index contributed by atoms with van der Waals surface area (Å²) in [5.41, 5.74) is 7.36. The van der Waals surface area contributed by atoms with Gasteiger partial charge in [0.25, 0.3) is 0 Å². The average molecular weight is 287 g/mol. The lowest BCUT2D eigenvalue weighted by Crippen LogP contribution is -2.16. The average Bonchev–Trinajstić information content (AvgIpc) is 2.55. The van der Waals surface area contributed by atoms with Crippen LogP contribution in [0.2, 0.25) is 0 Å². The molecule has 0 amide bonds. The van der Waals surface area contributed by atoms with Crippen molar-refractivity contribution in [2.45, 2.75) is 19.9 Å². The normalized spacial score (nSPS) is 16.4. The van der Waals surface area contributed by atoms with Crippen molar-refractivity contribution in [1.29, 1.82) is 0 Å². The highest BCUT2D eigenvalue weighted by atomic mass is 14.9. The van der Waals surface area contributed by atoms with Crippen LogP contribution in [0.5, 0.6) is 0 Å². The van der Waals surface area contributed by atoms with Crippen LogP contribution < -0.4 is 5.32 Å². The number of benzene rings is 2. The van der Waals surface area contributed by atoms with Gasteiger partial charge in [0, 0.05) is 0 Å². The molecule has 0 saturated heterocycles. The van der Waals surface area contributed by atoms with Crippen molar-refractivity contribution in [3.8, 4) is 11.1 Å². The fourth-order valence-corrected chi connectivity index (χ4v) is 2.85. The van der Waals surface area contributed by atoms with Gasteiger partial charge in [-0.15, -0.1) is 0 Å². The Hall–Kier alpha value is -2.54. The number of rotatable bonds is 3. The predicted octanol–water partition coefficient (Wildman–Crippen LogP) is 5.41. The van der Waals surface area contributed by atoms with Gasteiger partial charge >= 0.3 is 0 Å². The molecule has 1 heteroatoms. The second-order valence-corrected chi connectivity index (χ2v) is 5.84. The molecule has 1 atom stereocenters. The van der Waals surface area contributed by atoms with E-state index in [0.717, 1.165) is 5.57 Å². The first kappa shape index (κ1) is 14.4. The number of hydrogen-bond donors (Lipinski definition) is 1. The Balaban J connectivity index is 2.09. The quantitative estimate of drug-likeness (QED) is 0.796. The molecular weight excluding hydrogens is 266 g/mol. The Morgan fingerprint density at radius 2 is 1.86 bits per heavy atom. The lowest BCUT2D eigenvalue weighted by Gasteiger charge is -2.21. The van der Waals surface area contributed by atoms with Crippen LogP contribution in [0, 0.1) is 6.92 Å². The van der Waals surface area contributed by atoms with Crippen molar-refractivity contribution in [2.75, 3.05) is 0 Å². The van der Waals surface area contributed by atoms with E-state index < -0.39 is 0 Å². The Morgan fingerprint density at radius 1 is 1.05 bits per heavy atom. The molecule has 0 bridgehead atoms. The summed E-state index contributed by atoms with van der Waals surface area (Å²) in [6, 6.07) is 15.5. The summed E-state index contributed by atoms with van der Waals surface area (Å²) in [6.45, 7) is 8.32. The summed E-state index contributed by atoms with van der Waals surface area (Å²) in [5.74, 6) is 0. The van der Waals surface area contributed by atoms with Crippen LogP contribution in [0.4, 0.5) is 0 Å². The van der Waals surface area contributed by atoms with Crippen molar-refractivity contribution < 1.29 is 0 Å². The molecule has 1 aliphatic rings. The SMILES string of the molecule is C=C(C)c1ccc(-c2cccc(C)c2)cc1C1C=CC=CN1. The third-order valence-corrected chi connectivity index (χ3v) is 3.98. The van der Waals surface area contributed by atoms with E-state index in [1.54, 1.807) is 0 Å². The summed E-state index contributed by atoms with van der Waals surface area (Å²) >= 11 is 0. The van der Waals surface area contributed by atoms with Gasteiger partial charge in [0.2, 0.25) is 0 Å². The van der Waals surface area contributed by atoms with Gasteiger partial charge in [0.15, 0.2) is 0 Å². The molecule has 2 aromatic carbocycles. The molecule has 1 N–H and O–H groups in total. The molecule has 1 heterocycles. The Labute approximate surface area is 132 Å². The number of hydrogen-bond acceptors (Lipinski definition) is 1. The standard InChI is InChI=1S/C21H21N/c1-15(2)19-11-10-18(17-8-6-7-16(3)13-17)14-20(19)21-9-4-5-12-22-21/h4-14,21-22H,1H2,2-3H3. The van der Waals surface area contributed by atoms with Crippen molar-refractivity contribution in [3.63, 3.8) is 0 Å². The molecule has 1 aliphatic heterocycles. The van der Waals surface area contributed by atoms with Gasteiger partial charge in [-0.05, 0) is 54.4 Å². The summed E-state index contributed by atoms with van der Waals surface area (Å²) in [5, 5.41) is 3.41. The Morgan fingerprint density at radius 3 is 2.55 bits per heavy atom. The Bertz CT molecular complexity index is 765. The summed E-state index contributed by atoms with van der Waals surface area (Å²) in [6.07, 6.45) is 8.28. The molecule has 0 aliphatic carbocycles. The number of dihydropyridines is 1. The van der Waals surface area contributed by atoms with Crippen molar-refractivity contribution in [1.82, 2.24) is 5.32 Å². The third kappa shape index (κ3) is 2.89. The highest BCUT2D eigenvalue weighted by Crippen LogP contribution is 2.31. The molecule has 2 aromatic rings. The number of aryl methyl sites for hydroxylation is 1. The topological polar surface area (TPSA) is 12.0 Å². The first-order valence-electron chi connectivity index (χ1n) is 7.61. The maximum absolute atomic E-state index is 4.13. The van der Waals surface area contributed by atoms with Gasteiger partial charge in [-0.25, -0.2) is 0 Å². The van der Waals surface area contributed by atoms with Crippen LogP contribution in [-0.4, -0.2) is 0 Å². The maximum atomic E-state index is 4.13. The minimum Gasteiger partial charge on any atom is -0.381 e. The molecule has 1 unspecified atom stereocenters. The monoisotopic (exact) mass is 287 g/mol. The van der Waals surface area contributed by atoms with Crippen LogP contribution in [0.25, 0.3) is 16.7 Å². The van der Waals surface area contributed by atoms with E-state index in [9.17, 15) is 0 Å². The van der Waals surface area contributed by atoms with Crippen molar-refractivity contribution in [2.24, 2.45) is 0 Å². The van der Waals surface area contributed by atoms with E-state index in [4.69, 9.17) is 0 Å². The first-order chi connectivity index (χ1) is 10.6. The zero-order chi connectivity index (χ0) is 15.5. The molecule has 0 saturated carbocycles. The van der Waals surface area contributed by atoms with E-state index in [-0.39, 0.29) is 6.04 Å². The highest BCUT2D eigenvalue weighted by Gasteiger charge is 2.14. The number of allylic oxidation sites excluding steroid dienone is 3. The smallest absolute Gasteiger partial charge is 0.0701 e. The van der Waals surface area contributed by atoms with Crippen LogP contribution in [-0.2, 0) is 0 Å². The fourth-order valence-electron chi connectivity index (χ4n) is 2.85. The second-order valence-electron chi connectivity index (χ2n) is 5.84. The zero-order valence-electron chi connectivity index (χ0n) is 13.1.